The molecule has 0 aromatic rings. The summed E-state index contributed by atoms with van der Waals surface area (Å²) in [6.45, 7) is 11.6. The van der Waals surface area contributed by atoms with E-state index >= 15 is 0 Å². The number of rotatable bonds is 7. The summed E-state index contributed by atoms with van der Waals surface area (Å²) in [4.78, 5) is 12.3. The van der Waals surface area contributed by atoms with Crippen LogP contribution in [0.3, 0.4) is 0 Å². The van der Waals surface area contributed by atoms with Crippen LogP contribution in [0.4, 0.5) is 0 Å². The lowest BCUT2D eigenvalue weighted by Crippen LogP contribution is -2.59. The number of aliphatic hydroxyl groups excluding tert-OH is 3. The monoisotopic (exact) mass is 452 g/mol. The largest absolute Gasteiger partial charge is 0.388 e. The summed E-state index contributed by atoms with van der Waals surface area (Å²) in [5.74, 6) is -0.00798. The SMILES string of the molecule is C=CC(C)(O)CCC1C(C)=CC(OC2OCC(O)C(O)C2O)C2C(C)(C=O)CCCC12C. The molecule has 0 amide bonds. The molecule has 0 aromatic heterocycles. The zero-order valence-electron chi connectivity index (χ0n) is 19.7. The van der Waals surface area contributed by atoms with Crippen LogP contribution in [0.15, 0.2) is 24.3 Å². The topological polar surface area (TPSA) is 116 Å². The first-order chi connectivity index (χ1) is 14.9. The molecule has 10 atom stereocenters. The van der Waals surface area contributed by atoms with Crippen LogP contribution in [-0.2, 0) is 14.3 Å². The summed E-state index contributed by atoms with van der Waals surface area (Å²) in [6, 6.07) is 0. The third-order valence-corrected chi connectivity index (χ3v) is 8.35. The highest BCUT2D eigenvalue weighted by atomic mass is 16.7. The Bertz CT molecular complexity index is 734. The summed E-state index contributed by atoms with van der Waals surface area (Å²) in [5.41, 5.74) is -0.716. The van der Waals surface area contributed by atoms with Crippen molar-refractivity contribution >= 4 is 6.29 Å². The molecule has 0 radical (unpaired) electrons. The smallest absolute Gasteiger partial charge is 0.186 e. The van der Waals surface area contributed by atoms with E-state index in [1.54, 1.807) is 13.0 Å². The highest BCUT2D eigenvalue weighted by molar-refractivity contribution is 5.60. The van der Waals surface area contributed by atoms with Gasteiger partial charge in [-0.2, -0.15) is 0 Å². The van der Waals surface area contributed by atoms with Crippen molar-refractivity contribution in [1.29, 1.82) is 0 Å². The molecule has 3 rings (SSSR count). The lowest BCUT2D eigenvalue weighted by molar-refractivity contribution is -0.291. The van der Waals surface area contributed by atoms with Crippen LogP contribution in [0.1, 0.15) is 59.8 Å². The molecule has 0 bridgehead atoms. The minimum Gasteiger partial charge on any atom is -0.388 e. The molecule has 10 unspecified atom stereocenters. The van der Waals surface area contributed by atoms with Crippen molar-refractivity contribution in [2.75, 3.05) is 6.61 Å². The highest BCUT2D eigenvalue weighted by Gasteiger charge is 2.58. The molecule has 2 aliphatic carbocycles. The molecule has 1 saturated heterocycles. The number of hydrogen-bond acceptors (Lipinski definition) is 7. The molecule has 4 N–H and O–H groups in total. The number of allylic oxidation sites excluding steroid dienone is 1. The summed E-state index contributed by atoms with van der Waals surface area (Å²) < 4.78 is 11.8. The molecule has 32 heavy (non-hydrogen) atoms. The number of carbonyl (C=O) groups is 1. The van der Waals surface area contributed by atoms with Gasteiger partial charge >= 0.3 is 0 Å². The van der Waals surface area contributed by atoms with Crippen LogP contribution >= 0.6 is 0 Å². The van der Waals surface area contributed by atoms with E-state index in [9.17, 15) is 25.2 Å². The molecule has 0 aromatic carbocycles. The summed E-state index contributed by atoms with van der Waals surface area (Å²) in [6.07, 6.45) is 3.02. The number of ether oxygens (including phenoxy) is 2. The summed E-state index contributed by atoms with van der Waals surface area (Å²) >= 11 is 0. The van der Waals surface area contributed by atoms with Gasteiger partial charge in [0.1, 0.15) is 24.6 Å². The van der Waals surface area contributed by atoms with E-state index in [0.717, 1.165) is 37.5 Å². The second-order valence-electron chi connectivity index (χ2n) is 10.9. The lowest BCUT2D eigenvalue weighted by Gasteiger charge is -2.59. The Labute approximate surface area is 191 Å². The minimum atomic E-state index is -1.38. The summed E-state index contributed by atoms with van der Waals surface area (Å²) in [7, 11) is 0. The first-order valence-corrected chi connectivity index (χ1v) is 11.7. The summed E-state index contributed by atoms with van der Waals surface area (Å²) in [5, 5.41) is 40.8. The molecule has 0 spiro atoms. The number of aliphatic hydroxyl groups is 4. The minimum absolute atomic E-state index is 0.134. The Morgan fingerprint density at radius 1 is 1.28 bits per heavy atom. The third-order valence-electron chi connectivity index (χ3n) is 8.35. The molecule has 1 saturated carbocycles. The van der Waals surface area contributed by atoms with Crippen LogP contribution < -0.4 is 0 Å². The van der Waals surface area contributed by atoms with Gasteiger partial charge in [0.2, 0.25) is 0 Å². The van der Waals surface area contributed by atoms with Crippen molar-refractivity contribution in [1.82, 2.24) is 0 Å². The second-order valence-corrected chi connectivity index (χ2v) is 10.9. The Balaban J connectivity index is 1.95. The van der Waals surface area contributed by atoms with Crippen LogP contribution in [0.25, 0.3) is 0 Å². The van der Waals surface area contributed by atoms with Crippen molar-refractivity contribution in [2.24, 2.45) is 22.7 Å². The fraction of sp³-hybridized carbons (Fsp3) is 0.800. The van der Waals surface area contributed by atoms with E-state index in [1.165, 1.54) is 0 Å². The van der Waals surface area contributed by atoms with Crippen molar-refractivity contribution < 1.29 is 34.7 Å². The van der Waals surface area contributed by atoms with Gasteiger partial charge < -0.3 is 34.7 Å². The molecule has 3 aliphatic rings. The maximum atomic E-state index is 12.3. The molecule has 7 heteroatoms. The van der Waals surface area contributed by atoms with Gasteiger partial charge in [-0.25, -0.2) is 0 Å². The van der Waals surface area contributed by atoms with Crippen molar-refractivity contribution in [3.05, 3.63) is 24.3 Å². The molecule has 7 nitrogen and oxygen atoms in total. The number of hydrogen-bond donors (Lipinski definition) is 4. The Kier molecular flexibility index (Phi) is 7.40. The molecular formula is C25H40O7. The standard InChI is InChI=1S/C25H40O7/c1-6-24(4,30)11-8-16-15(2)12-18(32-22-20(29)19(28)17(27)13-31-22)21-23(3,14-26)9-7-10-25(16,21)5/h6,12,14,16-22,27-30H,1,7-11,13H2,2-5H3. The predicted octanol–water partition coefficient (Wildman–Crippen LogP) is 2.12. The van der Waals surface area contributed by atoms with Crippen LogP contribution in [-0.4, -0.2) is 69.6 Å². The molecule has 1 heterocycles. The maximum Gasteiger partial charge on any atom is 0.186 e. The first kappa shape index (κ1) is 25.5. The van der Waals surface area contributed by atoms with Gasteiger partial charge in [-0.3, -0.25) is 0 Å². The third kappa shape index (κ3) is 4.61. The van der Waals surface area contributed by atoms with Crippen molar-refractivity contribution in [3.63, 3.8) is 0 Å². The molecular weight excluding hydrogens is 412 g/mol. The zero-order chi connectivity index (χ0) is 23.9. The van der Waals surface area contributed by atoms with E-state index in [-0.39, 0.29) is 23.9 Å². The van der Waals surface area contributed by atoms with Gasteiger partial charge in [0.25, 0.3) is 0 Å². The van der Waals surface area contributed by atoms with Crippen LogP contribution in [0.5, 0.6) is 0 Å². The Hall–Kier alpha value is -1.09. The van der Waals surface area contributed by atoms with E-state index in [2.05, 4.69) is 20.4 Å². The van der Waals surface area contributed by atoms with E-state index in [0.29, 0.717) is 6.42 Å². The second kappa shape index (κ2) is 9.28. The van der Waals surface area contributed by atoms with E-state index < -0.39 is 41.7 Å². The number of carbonyl (C=O) groups excluding carboxylic acids is 1. The number of fused-ring (bicyclic) bond motifs is 1. The highest BCUT2D eigenvalue weighted by Crippen LogP contribution is 2.61. The maximum absolute atomic E-state index is 12.3. The fourth-order valence-corrected chi connectivity index (χ4v) is 6.45. The van der Waals surface area contributed by atoms with Gasteiger partial charge in [-0.15, -0.1) is 6.58 Å². The lowest BCUT2D eigenvalue weighted by atomic mass is 9.47. The normalized spacial score (nSPS) is 46.5. The quantitative estimate of drug-likeness (QED) is 0.345. The Morgan fingerprint density at radius 2 is 1.97 bits per heavy atom. The van der Waals surface area contributed by atoms with Gasteiger partial charge in [-0.1, -0.05) is 38.0 Å². The number of aldehydes is 1. The molecule has 182 valence electrons. The Morgan fingerprint density at radius 3 is 2.59 bits per heavy atom. The van der Waals surface area contributed by atoms with Crippen molar-refractivity contribution in [2.45, 2.75) is 96.1 Å². The predicted molar refractivity (Wildman–Crippen MR) is 120 cm³/mol. The van der Waals surface area contributed by atoms with Crippen LogP contribution in [0, 0.1) is 22.7 Å². The van der Waals surface area contributed by atoms with Crippen molar-refractivity contribution in [3.8, 4) is 0 Å². The average Bonchev–Trinajstić information content (AvgIpc) is 2.73. The van der Waals surface area contributed by atoms with Crippen LogP contribution in [0.2, 0.25) is 0 Å². The molecule has 2 fully saturated rings. The fourth-order valence-electron chi connectivity index (χ4n) is 6.45. The van der Waals surface area contributed by atoms with Gasteiger partial charge in [-0.05, 0) is 50.9 Å². The zero-order valence-corrected chi connectivity index (χ0v) is 19.7. The first-order valence-electron chi connectivity index (χ1n) is 11.7. The van der Waals surface area contributed by atoms with E-state index in [1.807, 2.05) is 13.0 Å². The van der Waals surface area contributed by atoms with Gasteiger partial charge in [0.15, 0.2) is 6.29 Å². The van der Waals surface area contributed by atoms with Gasteiger partial charge in [0.05, 0.1) is 18.3 Å². The van der Waals surface area contributed by atoms with E-state index in [4.69, 9.17) is 9.47 Å². The van der Waals surface area contributed by atoms with Gasteiger partial charge in [0, 0.05) is 11.3 Å². The molecule has 1 aliphatic heterocycles. The average molecular weight is 453 g/mol.